The Morgan fingerprint density at radius 3 is 2.83 bits per heavy atom. The van der Waals surface area contributed by atoms with E-state index in [-0.39, 0.29) is 22.8 Å². The van der Waals surface area contributed by atoms with Gasteiger partial charge in [0.15, 0.2) is 11.5 Å². The van der Waals surface area contributed by atoms with Gasteiger partial charge in [-0.3, -0.25) is 19.8 Å². The van der Waals surface area contributed by atoms with E-state index in [0.717, 1.165) is 11.6 Å². The Bertz CT molecular complexity index is 1500. The molecule has 2 aliphatic carbocycles. The molecule has 2 heterocycles. The average molecular weight is 586 g/mol. The van der Waals surface area contributed by atoms with Crippen molar-refractivity contribution in [3.8, 4) is 17.2 Å². The minimum Gasteiger partial charge on any atom is -0.504 e. The molecule has 2 aromatic rings. The molecule has 2 fully saturated rings. The van der Waals surface area contributed by atoms with Crippen LogP contribution in [0.1, 0.15) is 36.0 Å². The highest BCUT2D eigenvalue weighted by molar-refractivity contribution is 5.92. The van der Waals surface area contributed by atoms with E-state index in [4.69, 9.17) is 4.74 Å². The minimum atomic E-state index is -4.84. The maximum Gasteiger partial charge on any atom is 0.573 e. The number of rotatable bonds is 7. The first-order valence-electron chi connectivity index (χ1n) is 13.7. The summed E-state index contributed by atoms with van der Waals surface area (Å²) in [6.45, 7) is 4.92. The van der Waals surface area contributed by atoms with E-state index in [2.05, 4.69) is 16.2 Å². The summed E-state index contributed by atoms with van der Waals surface area (Å²) >= 11 is 0. The third-order valence-electron chi connectivity index (χ3n) is 9.59. The number of amides is 1. The summed E-state index contributed by atoms with van der Waals surface area (Å²) in [4.78, 5) is 30.0. The molecule has 1 spiro atoms. The molecule has 0 unspecified atom stereocenters. The van der Waals surface area contributed by atoms with Crippen LogP contribution in [0.25, 0.3) is 6.08 Å². The van der Waals surface area contributed by atoms with Crippen LogP contribution in [0.15, 0.2) is 55.1 Å². The molecule has 0 aromatic heterocycles. The molecular weight excluding hydrogens is 555 g/mol. The van der Waals surface area contributed by atoms with E-state index in [1.165, 1.54) is 35.3 Å². The third-order valence-corrected chi connectivity index (χ3v) is 9.59. The number of nitro groups is 1. The first kappa shape index (κ1) is 28.1. The highest BCUT2D eigenvalue weighted by Crippen LogP contribution is 2.66. The number of phenolic OH excluding ortho intramolecular Hbond substituents is 1. The Balaban J connectivity index is 1.35. The number of phenols is 1. The predicted octanol–water partition coefficient (Wildman–Crippen LogP) is 4.46. The van der Waals surface area contributed by atoms with Crippen molar-refractivity contribution >= 4 is 12.0 Å². The third kappa shape index (κ3) is 3.98. The number of carbonyl (C=O) groups is 1. The van der Waals surface area contributed by atoms with Gasteiger partial charge >= 0.3 is 6.36 Å². The summed E-state index contributed by atoms with van der Waals surface area (Å²) in [7, 11) is 1.59. The number of likely N-dealkylation sites (N-methyl/N-ethyl adjacent to an activating group) is 1. The molecule has 9 nitrogen and oxygen atoms in total. The fourth-order valence-corrected chi connectivity index (χ4v) is 8.03. The Morgan fingerprint density at radius 1 is 1.33 bits per heavy atom. The molecule has 1 amide bonds. The summed E-state index contributed by atoms with van der Waals surface area (Å²) < 4.78 is 48.3. The molecule has 2 bridgehead atoms. The van der Waals surface area contributed by atoms with Crippen molar-refractivity contribution in [2.45, 2.75) is 61.2 Å². The molecule has 2 aliphatic heterocycles. The molecule has 5 atom stereocenters. The second-order valence-electron chi connectivity index (χ2n) is 11.4. The van der Waals surface area contributed by atoms with Gasteiger partial charge in [-0.25, -0.2) is 0 Å². The lowest BCUT2D eigenvalue weighted by atomic mass is 9.46. The normalized spacial score (nSPS) is 29.5. The Hall–Kier alpha value is -4.06. The lowest BCUT2D eigenvalue weighted by Gasteiger charge is -2.61. The van der Waals surface area contributed by atoms with Crippen LogP contribution < -0.4 is 9.47 Å². The minimum absolute atomic E-state index is 0.0877. The summed E-state index contributed by atoms with van der Waals surface area (Å²) in [5, 5.41) is 24.0. The zero-order valence-corrected chi connectivity index (χ0v) is 22.8. The van der Waals surface area contributed by atoms with Crippen LogP contribution in [0, 0.1) is 10.1 Å². The lowest BCUT2D eigenvalue weighted by molar-refractivity contribution is -0.605. The van der Waals surface area contributed by atoms with Gasteiger partial charge in [-0.15, -0.1) is 19.8 Å². The van der Waals surface area contributed by atoms with Crippen LogP contribution in [-0.4, -0.2) is 76.0 Å². The zero-order valence-electron chi connectivity index (χ0n) is 22.8. The number of ether oxygens (including phenoxy) is 2. The van der Waals surface area contributed by atoms with E-state index >= 15 is 0 Å². The molecule has 222 valence electrons. The molecule has 42 heavy (non-hydrogen) atoms. The van der Waals surface area contributed by atoms with Crippen molar-refractivity contribution in [1.82, 2.24) is 9.80 Å². The molecule has 1 saturated carbocycles. The summed E-state index contributed by atoms with van der Waals surface area (Å²) in [5.74, 6) is -0.678. The molecule has 0 radical (unpaired) electrons. The Labute approximate surface area is 240 Å². The number of hydrogen-bond acceptors (Lipinski definition) is 7. The second kappa shape index (κ2) is 9.75. The van der Waals surface area contributed by atoms with Gasteiger partial charge in [-0.2, -0.15) is 0 Å². The number of halogens is 3. The highest BCUT2D eigenvalue weighted by atomic mass is 19.4. The molecule has 12 heteroatoms. The number of aromatic hydroxyl groups is 1. The van der Waals surface area contributed by atoms with Crippen LogP contribution in [0.3, 0.4) is 0 Å². The standard InChI is InChI=1S/C30H30F3N3O6/c1-3-14-35-15-13-28-25-19-8-9-22(37)26(25)41-27(28)21(11-12-29(28,36(39)40)23(35)17-19)34(2)24(38)10-7-18-5-4-6-20(16-18)42-30(31,32)33/h3-10,16,21,23,27,37H,1,11-15,17H2,2H3/t21-,23-,27+,28+,29-/m1/s1. The van der Waals surface area contributed by atoms with Gasteiger partial charge in [0.2, 0.25) is 5.91 Å². The Kier molecular flexibility index (Phi) is 6.52. The van der Waals surface area contributed by atoms with Gasteiger partial charge in [0, 0.05) is 43.1 Å². The van der Waals surface area contributed by atoms with Gasteiger partial charge < -0.3 is 19.5 Å². The topological polar surface area (TPSA) is 105 Å². The quantitative estimate of drug-likeness (QED) is 0.222. The number of nitrogens with zero attached hydrogens (tertiary/aromatic N) is 3. The first-order valence-corrected chi connectivity index (χ1v) is 13.7. The number of piperidine rings is 1. The van der Waals surface area contributed by atoms with E-state index in [1.54, 1.807) is 19.2 Å². The van der Waals surface area contributed by atoms with Crippen LogP contribution in [0.2, 0.25) is 0 Å². The maximum atomic E-state index is 13.4. The fraction of sp³-hybridized carbons (Fsp3) is 0.433. The smallest absolute Gasteiger partial charge is 0.504 e. The lowest BCUT2D eigenvalue weighted by Crippen LogP contribution is -2.80. The van der Waals surface area contributed by atoms with Crippen molar-refractivity contribution in [2.24, 2.45) is 0 Å². The molecule has 1 N–H and O–H groups in total. The van der Waals surface area contributed by atoms with E-state index < -0.39 is 47.2 Å². The van der Waals surface area contributed by atoms with Crippen LogP contribution in [-0.2, 0) is 16.6 Å². The monoisotopic (exact) mass is 585 g/mol. The highest BCUT2D eigenvalue weighted by Gasteiger charge is 2.80. The largest absolute Gasteiger partial charge is 0.573 e. The molecule has 2 aromatic carbocycles. The van der Waals surface area contributed by atoms with E-state index in [0.29, 0.717) is 43.5 Å². The summed E-state index contributed by atoms with van der Waals surface area (Å²) in [5.41, 5.74) is -0.541. The number of carbonyl (C=O) groups excluding carboxylic acids is 1. The zero-order chi connectivity index (χ0) is 30.0. The fourth-order valence-electron chi connectivity index (χ4n) is 8.03. The van der Waals surface area contributed by atoms with Crippen molar-refractivity contribution in [3.05, 3.63) is 81.9 Å². The van der Waals surface area contributed by atoms with Crippen molar-refractivity contribution in [3.63, 3.8) is 0 Å². The number of benzene rings is 2. The average Bonchev–Trinajstić information content (AvgIpc) is 3.28. The summed E-state index contributed by atoms with van der Waals surface area (Å²) in [6, 6.07) is 7.66. The first-order chi connectivity index (χ1) is 19.9. The van der Waals surface area contributed by atoms with Gasteiger partial charge in [0.05, 0.1) is 12.1 Å². The molecule has 6 rings (SSSR count). The van der Waals surface area contributed by atoms with Gasteiger partial charge in [0.25, 0.3) is 5.54 Å². The summed E-state index contributed by atoms with van der Waals surface area (Å²) in [6.07, 6.45) is 0.118. The van der Waals surface area contributed by atoms with Crippen molar-refractivity contribution < 1.29 is 37.5 Å². The number of alkyl halides is 3. The maximum absolute atomic E-state index is 13.4. The van der Waals surface area contributed by atoms with Crippen molar-refractivity contribution in [2.75, 3.05) is 20.1 Å². The van der Waals surface area contributed by atoms with Crippen molar-refractivity contribution in [1.29, 1.82) is 0 Å². The molecular formula is C30H30F3N3O6. The van der Waals surface area contributed by atoms with Gasteiger partial charge in [0.1, 0.15) is 17.3 Å². The van der Waals surface area contributed by atoms with Gasteiger partial charge in [-0.1, -0.05) is 24.3 Å². The van der Waals surface area contributed by atoms with Gasteiger partial charge in [-0.05, 0) is 54.7 Å². The second-order valence-corrected chi connectivity index (χ2v) is 11.4. The predicted molar refractivity (Wildman–Crippen MR) is 146 cm³/mol. The van der Waals surface area contributed by atoms with E-state index in [9.17, 15) is 33.2 Å². The molecule has 4 aliphatic rings. The molecule has 1 saturated heterocycles. The number of likely N-dealkylation sites (tertiary alicyclic amines) is 1. The van der Waals surface area contributed by atoms with Crippen LogP contribution in [0.5, 0.6) is 17.2 Å². The SMILES string of the molecule is C=CCN1CC[C@]23c4c5ccc(O)c4O[C@H]2[C@H](N(C)C(=O)C=Cc2cccc(OC(F)(F)F)c2)CC[C@@]3([N+](=O)[O-])[C@H]1C5. The number of hydrogen-bond donors (Lipinski definition) is 1. The van der Waals surface area contributed by atoms with Crippen LogP contribution in [0.4, 0.5) is 13.2 Å². The van der Waals surface area contributed by atoms with E-state index in [1.807, 2.05) is 6.07 Å². The van der Waals surface area contributed by atoms with Crippen LogP contribution >= 0.6 is 0 Å². The Morgan fingerprint density at radius 2 is 2.12 bits per heavy atom.